The van der Waals surface area contributed by atoms with E-state index in [9.17, 15) is 9.18 Å². The third-order valence-corrected chi connectivity index (χ3v) is 4.15. The van der Waals surface area contributed by atoms with Gasteiger partial charge in [-0.1, -0.05) is 38.1 Å². The number of rotatable bonds is 6. The number of nitrogens with one attached hydrogen (secondary N) is 1. The predicted octanol–water partition coefficient (Wildman–Crippen LogP) is 3.98. The molecule has 24 heavy (non-hydrogen) atoms. The first-order valence-corrected chi connectivity index (χ1v) is 8.18. The Bertz CT molecular complexity index is 680. The summed E-state index contributed by atoms with van der Waals surface area (Å²) >= 11 is 0. The van der Waals surface area contributed by atoms with Crippen molar-refractivity contribution in [3.63, 3.8) is 0 Å². The van der Waals surface area contributed by atoms with E-state index in [-0.39, 0.29) is 17.8 Å². The maximum atomic E-state index is 13.5. The summed E-state index contributed by atoms with van der Waals surface area (Å²) in [5, 5.41) is 2.94. The molecule has 0 aromatic heterocycles. The highest BCUT2D eigenvalue weighted by Gasteiger charge is 2.16. The lowest BCUT2D eigenvalue weighted by Gasteiger charge is -2.25. The van der Waals surface area contributed by atoms with Crippen LogP contribution in [0.3, 0.4) is 0 Å². The van der Waals surface area contributed by atoms with Gasteiger partial charge in [-0.3, -0.25) is 4.79 Å². The molecule has 0 spiro atoms. The molecule has 0 heterocycles. The van der Waals surface area contributed by atoms with Crippen LogP contribution in [-0.2, 0) is 0 Å². The molecule has 1 N–H and O–H groups in total. The van der Waals surface area contributed by atoms with Crippen LogP contribution in [0.5, 0.6) is 0 Å². The van der Waals surface area contributed by atoms with Crippen molar-refractivity contribution in [2.24, 2.45) is 0 Å². The van der Waals surface area contributed by atoms with E-state index in [4.69, 9.17) is 0 Å². The number of likely N-dealkylation sites (N-methyl/N-ethyl adjacent to an activating group) is 1. The molecule has 0 bridgehead atoms. The van der Waals surface area contributed by atoms with Gasteiger partial charge >= 0.3 is 0 Å². The summed E-state index contributed by atoms with van der Waals surface area (Å²) in [7, 11) is 3.83. The number of nitrogens with zero attached hydrogens (tertiary/aromatic N) is 1. The fourth-order valence-electron chi connectivity index (χ4n) is 2.62. The Hall–Kier alpha value is -2.20. The van der Waals surface area contributed by atoms with Crippen LogP contribution in [-0.4, -0.2) is 31.4 Å². The van der Waals surface area contributed by atoms with Gasteiger partial charge in [-0.2, -0.15) is 0 Å². The molecule has 0 aliphatic carbocycles. The minimum atomic E-state index is -0.269. The van der Waals surface area contributed by atoms with Gasteiger partial charge in [0.15, 0.2) is 0 Å². The molecule has 0 radical (unpaired) electrons. The van der Waals surface area contributed by atoms with Crippen LogP contribution in [0.4, 0.5) is 4.39 Å². The van der Waals surface area contributed by atoms with Crippen molar-refractivity contribution in [2.75, 3.05) is 20.6 Å². The lowest BCUT2D eigenvalue weighted by molar-refractivity contribution is 0.0942. The Kier molecular flexibility index (Phi) is 6.10. The third kappa shape index (κ3) is 4.65. The standard InChI is InChI=1S/C20H25FN2O/c1-14(2)15-8-10-16(11-9-15)20(24)22-13-19(23(3)4)17-6-5-7-18(21)12-17/h5-12,14,19H,13H2,1-4H3,(H,22,24). The highest BCUT2D eigenvalue weighted by atomic mass is 19.1. The van der Waals surface area contributed by atoms with Crippen LogP contribution in [0.15, 0.2) is 48.5 Å². The van der Waals surface area contributed by atoms with E-state index >= 15 is 0 Å². The van der Waals surface area contributed by atoms with Crippen molar-refractivity contribution in [3.8, 4) is 0 Å². The molecule has 0 fully saturated rings. The summed E-state index contributed by atoms with van der Waals surface area (Å²) in [5.41, 5.74) is 2.68. The van der Waals surface area contributed by atoms with Crippen LogP contribution in [0.25, 0.3) is 0 Å². The molecular weight excluding hydrogens is 303 g/mol. The second-order valence-electron chi connectivity index (χ2n) is 6.52. The van der Waals surface area contributed by atoms with Gasteiger partial charge < -0.3 is 10.2 Å². The topological polar surface area (TPSA) is 32.3 Å². The van der Waals surface area contributed by atoms with Gasteiger partial charge in [0, 0.05) is 12.1 Å². The molecule has 4 heteroatoms. The lowest BCUT2D eigenvalue weighted by Crippen LogP contribution is -2.34. The van der Waals surface area contributed by atoms with Gasteiger partial charge in [0.25, 0.3) is 5.91 Å². The Morgan fingerprint density at radius 2 is 1.75 bits per heavy atom. The minimum absolute atomic E-state index is 0.0837. The maximum Gasteiger partial charge on any atom is 0.251 e. The maximum absolute atomic E-state index is 13.5. The Labute approximate surface area is 143 Å². The van der Waals surface area contributed by atoms with Crippen molar-refractivity contribution >= 4 is 5.91 Å². The second kappa shape index (κ2) is 8.06. The van der Waals surface area contributed by atoms with E-state index < -0.39 is 0 Å². The van der Waals surface area contributed by atoms with E-state index in [1.807, 2.05) is 49.3 Å². The molecule has 0 aliphatic heterocycles. The van der Waals surface area contributed by atoms with Gasteiger partial charge in [0.2, 0.25) is 0 Å². The highest BCUT2D eigenvalue weighted by molar-refractivity contribution is 5.94. The first-order chi connectivity index (χ1) is 11.4. The zero-order chi connectivity index (χ0) is 17.7. The van der Waals surface area contributed by atoms with E-state index in [1.54, 1.807) is 6.07 Å². The van der Waals surface area contributed by atoms with E-state index in [0.717, 1.165) is 5.56 Å². The number of carbonyl (C=O) groups excluding carboxylic acids is 1. The SMILES string of the molecule is CC(C)c1ccc(C(=O)NCC(c2cccc(F)c2)N(C)C)cc1. The number of amides is 1. The summed E-state index contributed by atoms with van der Waals surface area (Å²) in [6.45, 7) is 4.66. The minimum Gasteiger partial charge on any atom is -0.350 e. The highest BCUT2D eigenvalue weighted by Crippen LogP contribution is 2.19. The number of hydrogen-bond donors (Lipinski definition) is 1. The average molecular weight is 328 g/mol. The van der Waals surface area contributed by atoms with Gasteiger partial charge in [-0.05, 0) is 55.4 Å². The summed E-state index contributed by atoms with van der Waals surface area (Å²) in [6, 6.07) is 14.1. The summed E-state index contributed by atoms with van der Waals surface area (Å²) < 4.78 is 13.5. The average Bonchev–Trinajstić information content (AvgIpc) is 2.54. The van der Waals surface area contributed by atoms with E-state index in [0.29, 0.717) is 18.0 Å². The Morgan fingerprint density at radius 3 is 2.29 bits per heavy atom. The predicted molar refractivity (Wildman–Crippen MR) is 95.7 cm³/mol. The zero-order valence-corrected chi connectivity index (χ0v) is 14.7. The third-order valence-electron chi connectivity index (χ3n) is 4.15. The number of hydrogen-bond acceptors (Lipinski definition) is 2. The van der Waals surface area contributed by atoms with Crippen LogP contribution >= 0.6 is 0 Å². The first-order valence-electron chi connectivity index (χ1n) is 8.18. The molecule has 128 valence electrons. The molecule has 2 aromatic carbocycles. The van der Waals surface area contributed by atoms with Gasteiger partial charge in [-0.25, -0.2) is 4.39 Å². The van der Waals surface area contributed by atoms with Gasteiger partial charge in [-0.15, -0.1) is 0 Å². The molecule has 2 aromatic rings. The first kappa shape index (κ1) is 18.1. The van der Waals surface area contributed by atoms with Crippen LogP contribution in [0, 0.1) is 5.82 Å². The van der Waals surface area contributed by atoms with Gasteiger partial charge in [0.1, 0.15) is 5.82 Å². The normalized spacial score (nSPS) is 12.5. The van der Waals surface area contributed by atoms with Gasteiger partial charge in [0.05, 0.1) is 6.04 Å². The second-order valence-corrected chi connectivity index (χ2v) is 6.52. The molecule has 0 saturated heterocycles. The van der Waals surface area contributed by atoms with E-state index in [1.165, 1.54) is 17.7 Å². The Morgan fingerprint density at radius 1 is 1.08 bits per heavy atom. The van der Waals surface area contributed by atoms with Crippen molar-refractivity contribution < 1.29 is 9.18 Å². The van der Waals surface area contributed by atoms with Crippen LogP contribution in [0.1, 0.15) is 47.3 Å². The molecule has 0 aliphatic rings. The van der Waals surface area contributed by atoms with Crippen molar-refractivity contribution in [3.05, 3.63) is 71.0 Å². The van der Waals surface area contributed by atoms with Crippen LogP contribution in [0.2, 0.25) is 0 Å². The van der Waals surface area contributed by atoms with Crippen LogP contribution < -0.4 is 5.32 Å². The summed E-state index contributed by atoms with van der Waals surface area (Å²) in [5.74, 6) is 0.0525. The quantitative estimate of drug-likeness (QED) is 0.870. The monoisotopic (exact) mass is 328 g/mol. The fraction of sp³-hybridized carbons (Fsp3) is 0.350. The molecule has 3 nitrogen and oxygen atoms in total. The Balaban J connectivity index is 2.05. The molecule has 0 saturated carbocycles. The molecule has 2 rings (SSSR count). The number of halogens is 1. The molecular formula is C20H25FN2O. The van der Waals surface area contributed by atoms with Crippen molar-refractivity contribution in [1.29, 1.82) is 0 Å². The fourth-order valence-corrected chi connectivity index (χ4v) is 2.62. The largest absolute Gasteiger partial charge is 0.350 e. The summed E-state index contributed by atoms with van der Waals surface area (Å²) in [4.78, 5) is 14.3. The zero-order valence-electron chi connectivity index (χ0n) is 14.7. The number of carbonyl (C=O) groups is 1. The smallest absolute Gasteiger partial charge is 0.251 e. The van der Waals surface area contributed by atoms with E-state index in [2.05, 4.69) is 19.2 Å². The summed E-state index contributed by atoms with van der Waals surface area (Å²) in [6.07, 6.45) is 0. The van der Waals surface area contributed by atoms with Crippen molar-refractivity contribution in [1.82, 2.24) is 10.2 Å². The molecule has 1 atom stereocenters. The molecule has 1 unspecified atom stereocenters. The lowest BCUT2D eigenvalue weighted by atomic mass is 10.0. The van der Waals surface area contributed by atoms with Crippen molar-refractivity contribution in [2.45, 2.75) is 25.8 Å². The number of benzene rings is 2. The molecule has 1 amide bonds.